The van der Waals surface area contributed by atoms with Gasteiger partial charge in [-0.25, -0.2) is 0 Å². The average molecular weight is 140 g/mol. The Morgan fingerprint density at radius 1 is 1.40 bits per heavy atom. The minimum Gasteiger partial charge on any atom is -0.311 e. The molecule has 1 saturated heterocycles. The molecule has 2 rings (SSSR count). The Labute approximate surface area is 62.6 Å². The maximum Gasteiger partial charge on any atom is 0.0223 e. The van der Waals surface area contributed by atoms with Crippen LogP contribution in [0, 0.1) is 5.92 Å². The fourth-order valence-electron chi connectivity index (χ4n) is 1.75. The van der Waals surface area contributed by atoms with E-state index >= 15 is 0 Å². The molecule has 0 spiro atoms. The van der Waals surface area contributed by atoms with Crippen LogP contribution in [0.4, 0.5) is 0 Å². The van der Waals surface area contributed by atoms with E-state index in [1.807, 2.05) is 0 Å². The van der Waals surface area contributed by atoms with Gasteiger partial charge in [-0.3, -0.25) is 0 Å². The van der Waals surface area contributed by atoms with Crippen molar-refractivity contribution in [3.05, 3.63) is 0 Å². The summed E-state index contributed by atoms with van der Waals surface area (Å²) in [7, 11) is 2.22. The van der Waals surface area contributed by atoms with Gasteiger partial charge in [-0.1, -0.05) is 0 Å². The number of hydrogen-bond acceptors (Lipinski definition) is 2. The lowest BCUT2D eigenvalue weighted by molar-refractivity contribution is 0.224. The molecule has 2 fully saturated rings. The zero-order chi connectivity index (χ0) is 6.97. The molecule has 2 heteroatoms. The van der Waals surface area contributed by atoms with Crippen LogP contribution in [0.1, 0.15) is 12.8 Å². The van der Waals surface area contributed by atoms with Gasteiger partial charge in [0, 0.05) is 25.7 Å². The first-order valence-corrected chi connectivity index (χ1v) is 4.28. The second-order valence-electron chi connectivity index (χ2n) is 3.66. The molecule has 1 aliphatic carbocycles. The zero-order valence-electron chi connectivity index (χ0n) is 6.64. The fraction of sp³-hybridized carbons (Fsp3) is 1.00. The molecule has 1 N–H and O–H groups in total. The quantitative estimate of drug-likeness (QED) is 0.563. The molecule has 1 aliphatic heterocycles. The van der Waals surface area contributed by atoms with Gasteiger partial charge in [0.25, 0.3) is 0 Å². The first kappa shape index (κ1) is 6.62. The summed E-state index contributed by atoms with van der Waals surface area (Å²) in [5.41, 5.74) is 0. The summed E-state index contributed by atoms with van der Waals surface area (Å²) >= 11 is 0. The van der Waals surface area contributed by atoms with E-state index in [1.54, 1.807) is 0 Å². The van der Waals surface area contributed by atoms with Crippen molar-refractivity contribution >= 4 is 0 Å². The summed E-state index contributed by atoms with van der Waals surface area (Å²) in [6.45, 7) is 3.69. The van der Waals surface area contributed by atoms with Crippen molar-refractivity contribution in [1.82, 2.24) is 10.2 Å². The number of nitrogens with zero attached hydrogens (tertiary/aromatic N) is 1. The van der Waals surface area contributed by atoms with Crippen LogP contribution in [-0.2, 0) is 0 Å². The Hall–Kier alpha value is -0.0800. The van der Waals surface area contributed by atoms with E-state index in [9.17, 15) is 0 Å². The van der Waals surface area contributed by atoms with Gasteiger partial charge in [0.1, 0.15) is 0 Å². The molecule has 1 atom stereocenters. The van der Waals surface area contributed by atoms with Gasteiger partial charge in [-0.15, -0.1) is 0 Å². The second kappa shape index (κ2) is 2.51. The normalized spacial score (nSPS) is 36.3. The lowest BCUT2D eigenvalue weighted by Crippen LogP contribution is -2.49. The molecule has 0 aromatic heterocycles. The van der Waals surface area contributed by atoms with Crippen molar-refractivity contribution in [2.45, 2.75) is 18.9 Å². The molecule has 1 saturated carbocycles. The number of nitrogens with one attached hydrogen (secondary N) is 1. The van der Waals surface area contributed by atoms with Crippen LogP contribution in [0.5, 0.6) is 0 Å². The molecule has 0 bridgehead atoms. The summed E-state index contributed by atoms with van der Waals surface area (Å²) in [5.74, 6) is 1.02. The maximum atomic E-state index is 3.57. The van der Waals surface area contributed by atoms with Gasteiger partial charge >= 0.3 is 0 Å². The SMILES string of the molecule is CN1CCN[C@@H](C2CC2)C1. The van der Waals surface area contributed by atoms with Gasteiger partial charge < -0.3 is 10.2 Å². The Kier molecular flexibility index (Phi) is 1.66. The standard InChI is InChI=1S/C8H16N2/c1-10-5-4-9-8(6-10)7-2-3-7/h7-9H,2-6H2,1H3/t8-/m1/s1. The van der Waals surface area contributed by atoms with E-state index in [1.165, 1.54) is 32.5 Å². The number of rotatable bonds is 1. The van der Waals surface area contributed by atoms with Gasteiger partial charge in [0.2, 0.25) is 0 Å². The Bertz CT molecular complexity index is 120. The van der Waals surface area contributed by atoms with Crippen molar-refractivity contribution in [2.24, 2.45) is 5.92 Å². The smallest absolute Gasteiger partial charge is 0.0223 e. The molecular formula is C8H16N2. The summed E-state index contributed by atoms with van der Waals surface area (Å²) in [6, 6.07) is 0.818. The fourth-order valence-corrected chi connectivity index (χ4v) is 1.75. The first-order chi connectivity index (χ1) is 4.86. The van der Waals surface area contributed by atoms with Gasteiger partial charge in [-0.05, 0) is 25.8 Å². The topological polar surface area (TPSA) is 15.3 Å². The Balaban J connectivity index is 1.84. The monoisotopic (exact) mass is 140 g/mol. The predicted octanol–water partition coefficient (Wildman–Crippen LogP) is 0.300. The van der Waals surface area contributed by atoms with Crippen LogP contribution in [0.2, 0.25) is 0 Å². The molecule has 0 amide bonds. The number of likely N-dealkylation sites (N-methyl/N-ethyl adjacent to an activating group) is 1. The van der Waals surface area contributed by atoms with Gasteiger partial charge in [-0.2, -0.15) is 0 Å². The average Bonchev–Trinajstić information content (AvgIpc) is 2.68. The van der Waals surface area contributed by atoms with Crippen LogP contribution < -0.4 is 5.32 Å². The highest BCUT2D eigenvalue weighted by molar-refractivity contribution is 4.90. The van der Waals surface area contributed by atoms with E-state index in [4.69, 9.17) is 0 Å². The Morgan fingerprint density at radius 2 is 2.20 bits per heavy atom. The van der Waals surface area contributed by atoms with Crippen molar-refractivity contribution in [1.29, 1.82) is 0 Å². The van der Waals surface area contributed by atoms with Gasteiger partial charge in [0.15, 0.2) is 0 Å². The highest BCUT2D eigenvalue weighted by Gasteiger charge is 2.32. The minimum atomic E-state index is 0.818. The van der Waals surface area contributed by atoms with Crippen LogP contribution in [-0.4, -0.2) is 37.6 Å². The van der Waals surface area contributed by atoms with Crippen LogP contribution in [0.3, 0.4) is 0 Å². The van der Waals surface area contributed by atoms with E-state index in [0.29, 0.717) is 0 Å². The first-order valence-electron chi connectivity index (χ1n) is 4.28. The molecule has 0 radical (unpaired) electrons. The summed E-state index contributed by atoms with van der Waals surface area (Å²) in [6.07, 6.45) is 2.93. The minimum absolute atomic E-state index is 0.818. The Morgan fingerprint density at radius 3 is 2.80 bits per heavy atom. The second-order valence-corrected chi connectivity index (χ2v) is 3.66. The molecule has 0 aromatic carbocycles. The molecule has 0 aromatic rings. The zero-order valence-corrected chi connectivity index (χ0v) is 6.64. The molecule has 58 valence electrons. The molecule has 2 nitrogen and oxygen atoms in total. The largest absolute Gasteiger partial charge is 0.311 e. The summed E-state index contributed by atoms with van der Waals surface area (Å²) in [5, 5.41) is 3.57. The highest BCUT2D eigenvalue weighted by atomic mass is 15.2. The number of hydrogen-bond donors (Lipinski definition) is 1. The maximum absolute atomic E-state index is 3.57. The van der Waals surface area contributed by atoms with Crippen molar-refractivity contribution in [3.8, 4) is 0 Å². The van der Waals surface area contributed by atoms with Crippen molar-refractivity contribution in [3.63, 3.8) is 0 Å². The third-order valence-corrected chi connectivity index (χ3v) is 2.60. The third kappa shape index (κ3) is 1.32. The van der Waals surface area contributed by atoms with Gasteiger partial charge in [0.05, 0.1) is 0 Å². The molecule has 2 aliphatic rings. The lowest BCUT2D eigenvalue weighted by atomic mass is 10.1. The number of piperazine rings is 1. The predicted molar refractivity (Wildman–Crippen MR) is 42.0 cm³/mol. The third-order valence-electron chi connectivity index (χ3n) is 2.60. The lowest BCUT2D eigenvalue weighted by Gasteiger charge is -2.30. The van der Waals surface area contributed by atoms with E-state index in [0.717, 1.165) is 12.0 Å². The summed E-state index contributed by atoms with van der Waals surface area (Å²) in [4.78, 5) is 2.43. The van der Waals surface area contributed by atoms with Crippen LogP contribution >= 0.6 is 0 Å². The van der Waals surface area contributed by atoms with Crippen molar-refractivity contribution < 1.29 is 0 Å². The van der Waals surface area contributed by atoms with E-state index in [2.05, 4.69) is 17.3 Å². The summed E-state index contributed by atoms with van der Waals surface area (Å²) < 4.78 is 0. The van der Waals surface area contributed by atoms with E-state index in [-0.39, 0.29) is 0 Å². The van der Waals surface area contributed by atoms with Crippen LogP contribution in [0.15, 0.2) is 0 Å². The van der Waals surface area contributed by atoms with Crippen molar-refractivity contribution in [2.75, 3.05) is 26.7 Å². The molecule has 0 unspecified atom stereocenters. The molecule has 1 heterocycles. The molecule has 10 heavy (non-hydrogen) atoms. The molecular weight excluding hydrogens is 124 g/mol. The van der Waals surface area contributed by atoms with Crippen LogP contribution in [0.25, 0.3) is 0 Å². The highest BCUT2D eigenvalue weighted by Crippen LogP contribution is 2.33. The van der Waals surface area contributed by atoms with E-state index < -0.39 is 0 Å².